The second-order valence-corrected chi connectivity index (χ2v) is 7.87. The summed E-state index contributed by atoms with van der Waals surface area (Å²) in [4.78, 5) is 11.9. The summed E-state index contributed by atoms with van der Waals surface area (Å²) in [5, 5.41) is 3.23. The van der Waals surface area contributed by atoms with Crippen LogP contribution in [0.15, 0.2) is 11.6 Å². The highest BCUT2D eigenvalue weighted by atomic mass is 32.1. The molecule has 0 N–H and O–H groups in total. The van der Waals surface area contributed by atoms with Crippen molar-refractivity contribution in [3.63, 3.8) is 0 Å². The third-order valence-electron chi connectivity index (χ3n) is 5.61. The van der Waals surface area contributed by atoms with E-state index >= 15 is 0 Å². The summed E-state index contributed by atoms with van der Waals surface area (Å²) < 4.78 is 6.34. The molecule has 4 rings (SSSR count). The van der Waals surface area contributed by atoms with Gasteiger partial charge in [0.2, 0.25) is 0 Å². The van der Waals surface area contributed by atoms with E-state index in [9.17, 15) is 0 Å². The minimum Gasteiger partial charge on any atom is -0.373 e. The number of likely N-dealkylation sites (N-methyl/N-ethyl adjacent to an activating group) is 1. The van der Waals surface area contributed by atoms with Crippen molar-refractivity contribution in [2.75, 3.05) is 57.8 Å². The molecule has 1 aromatic rings. The van der Waals surface area contributed by atoms with Gasteiger partial charge in [0.1, 0.15) is 0 Å². The lowest BCUT2D eigenvalue weighted by atomic mass is 9.87. The maximum absolute atomic E-state index is 6.34. The average Bonchev–Trinajstić information content (AvgIpc) is 3.20. The Hall–Kier alpha value is -0.690. The van der Waals surface area contributed by atoms with Gasteiger partial charge in [0.05, 0.1) is 12.2 Å². The van der Waals surface area contributed by atoms with Crippen LogP contribution in [0.4, 0.5) is 5.13 Å². The molecule has 0 saturated carbocycles. The largest absolute Gasteiger partial charge is 0.373 e. The third-order valence-corrected chi connectivity index (χ3v) is 6.44. The van der Waals surface area contributed by atoms with Crippen LogP contribution in [-0.2, 0) is 4.74 Å². The van der Waals surface area contributed by atoms with Crippen LogP contribution in [0.1, 0.15) is 19.3 Å². The van der Waals surface area contributed by atoms with Gasteiger partial charge in [-0.1, -0.05) is 0 Å². The van der Waals surface area contributed by atoms with E-state index in [0.717, 1.165) is 32.5 Å². The highest BCUT2D eigenvalue weighted by Crippen LogP contribution is 2.39. The summed E-state index contributed by atoms with van der Waals surface area (Å²) in [6.07, 6.45) is 5.43. The molecule has 6 heteroatoms. The molecule has 3 aliphatic heterocycles. The predicted octanol–water partition coefficient (Wildman–Crippen LogP) is 1.52. The summed E-state index contributed by atoms with van der Waals surface area (Å²) in [7, 11) is 2.22. The number of thiazole rings is 1. The van der Waals surface area contributed by atoms with Crippen molar-refractivity contribution in [1.82, 2.24) is 14.8 Å². The smallest absolute Gasteiger partial charge is 0.185 e. The first kappa shape index (κ1) is 14.9. The number of nitrogens with zero attached hydrogens (tertiary/aromatic N) is 4. The Morgan fingerprint density at radius 3 is 2.64 bits per heavy atom. The first-order valence-electron chi connectivity index (χ1n) is 8.45. The normalized spacial score (nSPS) is 30.2. The Bertz CT molecular complexity index is 478. The fourth-order valence-corrected chi connectivity index (χ4v) is 4.76. The van der Waals surface area contributed by atoms with Gasteiger partial charge in [0, 0.05) is 56.9 Å². The standard InChI is InChI=1S/C16H26N4OS/c1-18-7-9-19(10-8-18)14-12-16(21-13-14)2-5-20(6-3-16)15-17-4-11-22-15/h4,11,14H,2-3,5-10,12-13H2,1H3. The molecule has 1 spiro atoms. The molecule has 0 aromatic carbocycles. The lowest BCUT2D eigenvalue weighted by molar-refractivity contribution is -0.0163. The zero-order valence-corrected chi connectivity index (χ0v) is 14.2. The van der Waals surface area contributed by atoms with Gasteiger partial charge >= 0.3 is 0 Å². The van der Waals surface area contributed by atoms with Crippen LogP contribution >= 0.6 is 11.3 Å². The van der Waals surface area contributed by atoms with Gasteiger partial charge in [0.25, 0.3) is 0 Å². The maximum atomic E-state index is 6.34. The minimum absolute atomic E-state index is 0.141. The van der Waals surface area contributed by atoms with Gasteiger partial charge < -0.3 is 14.5 Å². The molecule has 0 aliphatic carbocycles. The monoisotopic (exact) mass is 322 g/mol. The SMILES string of the molecule is CN1CCN(C2COC3(CCN(c4nccs4)CC3)C2)CC1. The lowest BCUT2D eigenvalue weighted by Gasteiger charge is -2.39. The molecule has 122 valence electrons. The van der Waals surface area contributed by atoms with Crippen molar-refractivity contribution in [3.8, 4) is 0 Å². The predicted molar refractivity (Wildman–Crippen MR) is 89.7 cm³/mol. The molecule has 3 aliphatic rings. The molecule has 0 amide bonds. The van der Waals surface area contributed by atoms with Crippen molar-refractivity contribution in [3.05, 3.63) is 11.6 Å². The minimum atomic E-state index is 0.141. The van der Waals surface area contributed by atoms with Crippen molar-refractivity contribution < 1.29 is 4.74 Å². The van der Waals surface area contributed by atoms with Crippen LogP contribution < -0.4 is 4.90 Å². The number of anilines is 1. The van der Waals surface area contributed by atoms with E-state index in [-0.39, 0.29) is 5.60 Å². The fourth-order valence-electron chi connectivity index (χ4n) is 4.07. The van der Waals surface area contributed by atoms with Crippen molar-refractivity contribution in [2.45, 2.75) is 30.9 Å². The third kappa shape index (κ3) is 2.89. The van der Waals surface area contributed by atoms with Gasteiger partial charge in [-0.2, -0.15) is 0 Å². The van der Waals surface area contributed by atoms with E-state index in [1.807, 2.05) is 6.20 Å². The van der Waals surface area contributed by atoms with Crippen LogP contribution in [0.25, 0.3) is 0 Å². The molecule has 0 radical (unpaired) electrons. The highest BCUT2D eigenvalue weighted by molar-refractivity contribution is 7.13. The van der Waals surface area contributed by atoms with Crippen LogP contribution in [0.3, 0.4) is 0 Å². The van der Waals surface area contributed by atoms with E-state index < -0.39 is 0 Å². The molecular formula is C16H26N4OS. The number of piperidine rings is 1. The fraction of sp³-hybridized carbons (Fsp3) is 0.812. The Morgan fingerprint density at radius 2 is 1.95 bits per heavy atom. The van der Waals surface area contributed by atoms with Gasteiger partial charge in [-0.25, -0.2) is 4.98 Å². The molecule has 1 unspecified atom stereocenters. The van der Waals surface area contributed by atoms with E-state index in [1.54, 1.807) is 11.3 Å². The molecule has 4 heterocycles. The number of hydrogen-bond donors (Lipinski definition) is 0. The topological polar surface area (TPSA) is 31.8 Å². The molecule has 3 fully saturated rings. The second-order valence-electron chi connectivity index (χ2n) is 6.99. The summed E-state index contributed by atoms with van der Waals surface area (Å²) in [6.45, 7) is 7.90. The average molecular weight is 322 g/mol. The number of rotatable bonds is 2. The van der Waals surface area contributed by atoms with Crippen LogP contribution in [-0.4, -0.2) is 79.3 Å². The van der Waals surface area contributed by atoms with Gasteiger partial charge in [-0.3, -0.25) is 4.90 Å². The van der Waals surface area contributed by atoms with E-state index in [4.69, 9.17) is 4.74 Å². The first-order chi connectivity index (χ1) is 10.7. The highest BCUT2D eigenvalue weighted by Gasteiger charge is 2.44. The number of ether oxygens (including phenoxy) is 1. The first-order valence-corrected chi connectivity index (χ1v) is 9.33. The summed E-state index contributed by atoms with van der Waals surface area (Å²) in [6, 6.07) is 0.639. The van der Waals surface area contributed by atoms with Crippen molar-refractivity contribution in [2.24, 2.45) is 0 Å². The lowest BCUT2D eigenvalue weighted by Crippen LogP contribution is -2.50. The number of aromatic nitrogens is 1. The molecule has 1 aromatic heterocycles. The summed E-state index contributed by atoms with van der Waals surface area (Å²) >= 11 is 1.74. The van der Waals surface area contributed by atoms with Crippen LogP contribution in [0.5, 0.6) is 0 Å². The Balaban J connectivity index is 1.33. The van der Waals surface area contributed by atoms with E-state index in [0.29, 0.717) is 6.04 Å². The number of piperazine rings is 1. The molecule has 1 atom stereocenters. The quantitative estimate of drug-likeness (QED) is 0.824. The Morgan fingerprint density at radius 1 is 1.18 bits per heavy atom. The van der Waals surface area contributed by atoms with Crippen LogP contribution in [0.2, 0.25) is 0 Å². The molecule has 0 bridgehead atoms. The van der Waals surface area contributed by atoms with Crippen molar-refractivity contribution >= 4 is 16.5 Å². The van der Waals surface area contributed by atoms with E-state index in [1.165, 1.54) is 37.7 Å². The molecule has 3 saturated heterocycles. The molecule has 5 nitrogen and oxygen atoms in total. The van der Waals surface area contributed by atoms with Gasteiger partial charge in [-0.15, -0.1) is 11.3 Å². The van der Waals surface area contributed by atoms with Crippen molar-refractivity contribution in [1.29, 1.82) is 0 Å². The summed E-state index contributed by atoms with van der Waals surface area (Å²) in [5.74, 6) is 0. The van der Waals surface area contributed by atoms with E-state index in [2.05, 4.69) is 32.1 Å². The Labute approximate surface area is 136 Å². The zero-order valence-electron chi connectivity index (χ0n) is 13.4. The number of hydrogen-bond acceptors (Lipinski definition) is 6. The van der Waals surface area contributed by atoms with Gasteiger partial charge in [-0.05, 0) is 26.3 Å². The van der Waals surface area contributed by atoms with Gasteiger partial charge in [0.15, 0.2) is 5.13 Å². The molecular weight excluding hydrogens is 296 g/mol. The maximum Gasteiger partial charge on any atom is 0.185 e. The van der Waals surface area contributed by atoms with Crippen LogP contribution in [0, 0.1) is 0 Å². The second kappa shape index (κ2) is 6.07. The zero-order chi connectivity index (χ0) is 15.0. The summed E-state index contributed by atoms with van der Waals surface area (Å²) in [5.41, 5.74) is 0.141. The Kier molecular flexibility index (Phi) is 4.11. The molecule has 22 heavy (non-hydrogen) atoms.